The van der Waals surface area contributed by atoms with Gasteiger partial charge in [-0.15, -0.1) is 11.8 Å². The predicted molar refractivity (Wildman–Crippen MR) is 67.6 cm³/mol. The van der Waals surface area contributed by atoms with E-state index in [1.165, 1.54) is 32.1 Å². The van der Waals surface area contributed by atoms with E-state index >= 15 is 0 Å². The number of carboxylic acid groups (broad SMARTS) is 1. The number of rotatable bonds is 5. The van der Waals surface area contributed by atoms with Gasteiger partial charge in [-0.3, -0.25) is 0 Å². The number of hydrogen-bond acceptors (Lipinski definition) is 4. The summed E-state index contributed by atoms with van der Waals surface area (Å²) in [6.45, 7) is 3.52. The zero-order chi connectivity index (χ0) is 12.1. The van der Waals surface area contributed by atoms with Crippen molar-refractivity contribution in [1.29, 1.82) is 0 Å². The molecule has 0 spiro atoms. The molecule has 17 heavy (non-hydrogen) atoms. The summed E-state index contributed by atoms with van der Waals surface area (Å²) < 4.78 is 0. The maximum atomic E-state index is 10.6. The molecule has 4 nitrogen and oxygen atoms in total. The van der Waals surface area contributed by atoms with Gasteiger partial charge in [0.25, 0.3) is 0 Å². The number of thioether (sulfide) groups is 1. The van der Waals surface area contributed by atoms with Crippen LogP contribution in [0.15, 0.2) is 23.4 Å². The molecular weight excluding hydrogens is 236 g/mol. The number of carboxylic acids is 1. The van der Waals surface area contributed by atoms with E-state index in [2.05, 4.69) is 9.88 Å². The zero-order valence-electron chi connectivity index (χ0n) is 9.63. The van der Waals surface area contributed by atoms with Gasteiger partial charge in [-0.2, -0.15) is 0 Å². The molecule has 0 bridgehead atoms. The minimum Gasteiger partial charge on any atom is -0.478 e. The van der Waals surface area contributed by atoms with Crippen LogP contribution in [0.1, 0.15) is 23.2 Å². The van der Waals surface area contributed by atoms with Crippen molar-refractivity contribution in [3.8, 4) is 0 Å². The van der Waals surface area contributed by atoms with Crippen LogP contribution in [0.25, 0.3) is 0 Å². The minimum atomic E-state index is -0.925. The summed E-state index contributed by atoms with van der Waals surface area (Å²) in [5.74, 6) is 0.0884. The lowest BCUT2D eigenvalue weighted by molar-refractivity contribution is 0.0696. The Morgan fingerprint density at radius 3 is 2.76 bits per heavy atom. The molecule has 1 aliphatic rings. The van der Waals surface area contributed by atoms with Crippen molar-refractivity contribution < 1.29 is 9.90 Å². The molecule has 5 heteroatoms. The van der Waals surface area contributed by atoms with Gasteiger partial charge in [-0.25, -0.2) is 9.78 Å². The van der Waals surface area contributed by atoms with Crippen molar-refractivity contribution in [2.45, 2.75) is 17.9 Å². The molecule has 1 aliphatic heterocycles. The van der Waals surface area contributed by atoms with Crippen molar-refractivity contribution >= 4 is 17.7 Å². The molecule has 1 aromatic rings. The lowest BCUT2D eigenvalue weighted by Crippen LogP contribution is -2.21. The molecule has 0 aromatic carbocycles. The van der Waals surface area contributed by atoms with Crippen molar-refractivity contribution in [3.63, 3.8) is 0 Å². The second-order valence-corrected chi connectivity index (χ2v) is 5.20. The number of pyridine rings is 1. The van der Waals surface area contributed by atoms with E-state index in [9.17, 15) is 4.79 Å². The van der Waals surface area contributed by atoms with Crippen LogP contribution in [0.5, 0.6) is 0 Å². The molecule has 1 fully saturated rings. The first-order chi connectivity index (χ1) is 8.25. The average molecular weight is 252 g/mol. The van der Waals surface area contributed by atoms with Crippen molar-refractivity contribution in [1.82, 2.24) is 9.88 Å². The van der Waals surface area contributed by atoms with Gasteiger partial charge in [-0.05, 0) is 38.1 Å². The van der Waals surface area contributed by atoms with Gasteiger partial charge in [0, 0.05) is 18.5 Å². The molecule has 92 valence electrons. The van der Waals surface area contributed by atoms with Crippen LogP contribution in [0.4, 0.5) is 0 Å². The topological polar surface area (TPSA) is 53.4 Å². The summed E-state index contributed by atoms with van der Waals surface area (Å²) in [5.41, 5.74) is 0.244. The summed E-state index contributed by atoms with van der Waals surface area (Å²) in [6.07, 6.45) is 4.05. The summed E-state index contributed by atoms with van der Waals surface area (Å²) in [7, 11) is 0. The number of likely N-dealkylation sites (tertiary alicyclic amines) is 1. The van der Waals surface area contributed by atoms with Gasteiger partial charge >= 0.3 is 5.97 Å². The van der Waals surface area contributed by atoms with E-state index in [4.69, 9.17) is 5.11 Å². The second-order valence-electron chi connectivity index (χ2n) is 4.09. The number of aromatic carboxylic acids is 1. The summed E-state index contributed by atoms with van der Waals surface area (Å²) in [4.78, 5) is 17.2. The monoisotopic (exact) mass is 252 g/mol. The third-order valence-corrected chi connectivity index (χ3v) is 3.76. The van der Waals surface area contributed by atoms with Crippen molar-refractivity contribution in [2.24, 2.45) is 0 Å². The van der Waals surface area contributed by atoms with Gasteiger partial charge in [0.2, 0.25) is 0 Å². The molecule has 0 unspecified atom stereocenters. The molecule has 0 saturated carbocycles. The van der Waals surface area contributed by atoms with Crippen LogP contribution in [0.2, 0.25) is 0 Å². The molecule has 0 radical (unpaired) electrons. The molecule has 0 atom stereocenters. The fraction of sp³-hybridized carbons (Fsp3) is 0.500. The van der Waals surface area contributed by atoms with Gasteiger partial charge in [-0.1, -0.05) is 0 Å². The maximum absolute atomic E-state index is 10.6. The highest BCUT2D eigenvalue weighted by molar-refractivity contribution is 7.99. The average Bonchev–Trinajstić information content (AvgIpc) is 2.83. The molecule has 0 amide bonds. The first kappa shape index (κ1) is 12.4. The number of carbonyl (C=O) groups is 1. The minimum absolute atomic E-state index is 0.244. The van der Waals surface area contributed by atoms with Crippen LogP contribution in [0.3, 0.4) is 0 Å². The highest BCUT2D eigenvalue weighted by atomic mass is 32.2. The molecule has 0 aliphatic carbocycles. The maximum Gasteiger partial charge on any atom is 0.337 e. The predicted octanol–water partition coefficient (Wildman–Crippen LogP) is 1.97. The van der Waals surface area contributed by atoms with E-state index in [1.54, 1.807) is 23.9 Å². The smallest absolute Gasteiger partial charge is 0.337 e. The standard InChI is InChI=1S/C12H16N2O2S/c15-12(16)10-3-4-11(13-9-10)17-8-7-14-5-1-2-6-14/h3-4,9H,1-2,5-8H2,(H,15,16). The molecule has 1 saturated heterocycles. The van der Waals surface area contributed by atoms with Crippen molar-refractivity contribution in [2.75, 3.05) is 25.4 Å². The van der Waals surface area contributed by atoms with Gasteiger partial charge in [0.15, 0.2) is 0 Å². The van der Waals surface area contributed by atoms with Gasteiger partial charge in [0.05, 0.1) is 10.6 Å². The fourth-order valence-corrected chi connectivity index (χ4v) is 2.73. The highest BCUT2D eigenvalue weighted by Gasteiger charge is 2.10. The first-order valence-electron chi connectivity index (χ1n) is 5.80. The first-order valence-corrected chi connectivity index (χ1v) is 6.79. The molecular formula is C12H16N2O2S. The van der Waals surface area contributed by atoms with Gasteiger partial charge < -0.3 is 10.0 Å². The Labute approximate surface area is 105 Å². The summed E-state index contributed by atoms with van der Waals surface area (Å²) >= 11 is 1.68. The SMILES string of the molecule is O=C(O)c1ccc(SCCN2CCCC2)nc1. The zero-order valence-corrected chi connectivity index (χ0v) is 10.4. The van der Waals surface area contributed by atoms with Crippen LogP contribution in [-0.2, 0) is 0 Å². The lowest BCUT2D eigenvalue weighted by Gasteiger charge is -2.13. The normalized spacial score (nSPS) is 16.2. The largest absolute Gasteiger partial charge is 0.478 e. The van der Waals surface area contributed by atoms with E-state index < -0.39 is 5.97 Å². The van der Waals surface area contributed by atoms with Crippen LogP contribution < -0.4 is 0 Å². The molecule has 1 N–H and O–H groups in total. The highest BCUT2D eigenvalue weighted by Crippen LogP contribution is 2.16. The van der Waals surface area contributed by atoms with Crippen molar-refractivity contribution in [3.05, 3.63) is 23.9 Å². The van der Waals surface area contributed by atoms with E-state index in [0.29, 0.717) is 0 Å². The summed E-state index contributed by atoms with van der Waals surface area (Å²) in [5, 5.41) is 9.64. The third-order valence-electron chi connectivity index (χ3n) is 2.84. The van der Waals surface area contributed by atoms with E-state index in [1.807, 2.05) is 0 Å². The van der Waals surface area contributed by atoms with E-state index in [-0.39, 0.29) is 5.56 Å². The molecule has 2 rings (SSSR count). The van der Waals surface area contributed by atoms with Crippen LogP contribution >= 0.6 is 11.8 Å². The number of hydrogen-bond donors (Lipinski definition) is 1. The third kappa shape index (κ3) is 3.71. The van der Waals surface area contributed by atoms with Crippen LogP contribution in [-0.4, -0.2) is 46.3 Å². The lowest BCUT2D eigenvalue weighted by atomic mass is 10.3. The quantitative estimate of drug-likeness (QED) is 0.812. The Kier molecular flexibility index (Phi) is 4.39. The Balaban J connectivity index is 1.76. The Morgan fingerprint density at radius 1 is 1.41 bits per heavy atom. The van der Waals surface area contributed by atoms with E-state index in [0.717, 1.165) is 17.3 Å². The number of aromatic nitrogens is 1. The van der Waals surface area contributed by atoms with Crippen LogP contribution in [0, 0.1) is 0 Å². The molecule has 2 heterocycles. The Hall–Kier alpha value is -1.07. The summed E-state index contributed by atoms with van der Waals surface area (Å²) in [6, 6.07) is 3.38. The Bertz CT molecular complexity index is 375. The van der Waals surface area contributed by atoms with Gasteiger partial charge in [0.1, 0.15) is 0 Å². The molecule has 1 aromatic heterocycles. The fourth-order valence-electron chi connectivity index (χ4n) is 1.88. The number of nitrogens with zero attached hydrogens (tertiary/aromatic N) is 2. The Morgan fingerprint density at radius 2 is 2.18 bits per heavy atom. The second kappa shape index (κ2) is 6.02.